The number of aromatic nitrogens is 2. The lowest BCUT2D eigenvalue weighted by Gasteiger charge is -2.25. The van der Waals surface area contributed by atoms with E-state index in [-0.39, 0.29) is 0 Å². The predicted molar refractivity (Wildman–Crippen MR) is 70.0 cm³/mol. The molecule has 0 radical (unpaired) electrons. The van der Waals surface area contributed by atoms with Crippen LogP contribution in [0, 0.1) is 0 Å². The van der Waals surface area contributed by atoms with Crippen molar-refractivity contribution in [2.75, 3.05) is 30.8 Å². The minimum Gasteiger partial charge on any atom is -0.368 e. The summed E-state index contributed by atoms with van der Waals surface area (Å²) in [5.41, 5.74) is 8.10. The number of fused-ring (bicyclic) bond motifs is 1. The summed E-state index contributed by atoms with van der Waals surface area (Å²) in [6.07, 6.45) is 3.30. The van der Waals surface area contributed by atoms with Gasteiger partial charge in [-0.1, -0.05) is 13.3 Å². The molecule has 94 valence electrons. The number of anilines is 2. The lowest BCUT2D eigenvalue weighted by molar-refractivity contribution is 0.622. The smallest absolute Gasteiger partial charge is 0.222 e. The summed E-state index contributed by atoms with van der Waals surface area (Å²) < 4.78 is 0. The van der Waals surface area contributed by atoms with Gasteiger partial charge in [0, 0.05) is 38.7 Å². The Kier molecular flexibility index (Phi) is 3.78. The zero-order chi connectivity index (χ0) is 12.3. The number of rotatable bonds is 4. The van der Waals surface area contributed by atoms with Gasteiger partial charge >= 0.3 is 0 Å². The molecule has 5 heteroatoms. The maximum Gasteiger partial charge on any atom is 0.222 e. The minimum absolute atomic E-state index is 0.393. The SMILES string of the molecule is CCCCN(C)c1nc(N)nc2c1CNCC2. The normalized spacial score (nSPS) is 14.5. The van der Waals surface area contributed by atoms with Gasteiger partial charge in [0.05, 0.1) is 5.69 Å². The van der Waals surface area contributed by atoms with E-state index in [0.29, 0.717) is 5.95 Å². The first kappa shape index (κ1) is 12.1. The van der Waals surface area contributed by atoms with Gasteiger partial charge in [-0.2, -0.15) is 4.98 Å². The van der Waals surface area contributed by atoms with Crippen LogP contribution in [0.25, 0.3) is 0 Å². The standard InChI is InChI=1S/C12H21N5/c1-3-4-7-17(2)11-9-8-14-6-5-10(9)15-12(13)16-11/h14H,3-8H2,1-2H3,(H2,13,15,16). The van der Waals surface area contributed by atoms with Gasteiger partial charge in [-0.15, -0.1) is 0 Å². The first-order chi connectivity index (χ1) is 8.22. The Bertz CT molecular complexity index is 391. The van der Waals surface area contributed by atoms with Gasteiger partial charge in [0.2, 0.25) is 5.95 Å². The average Bonchev–Trinajstić information content (AvgIpc) is 2.34. The topological polar surface area (TPSA) is 67.1 Å². The maximum absolute atomic E-state index is 5.78. The molecule has 1 aromatic rings. The van der Waals surface area contributed by atoms with Crippen molar-refractivity contribution in [2.24, 2.45) is 0 Å². The van der Waals surface area contributed by atoms with Gasteiger partial charge in [-0.25, -0.2) is 4.98 Å². The lowest BCUT2D eigenvalue weighted by Crippen LogP contribution is -2.30. The molecule has 2 rings (SSSR count). The van der Waals surface area contributed by atoms with Crippen molar-refractivity contribution in [1.29, 1.82) is 0 Å². The summed E-state index contributed by atoms with van der Waals surface area (Å²) in [4.78, 5) is 10.9. The Balaban J connectivity index is 2.28. The van der Waals surface area contributed by atoms with E-state index in [9.17, 15) is 0 Å². The molecule has 0 saturated heterocycles. The van der Waals surface area contributed by atoms with Crippen molar-refractivity contribution >= 4 is 11.8 Å². The van der Waals surface area contributed by atoms with Crippen LogP contribution < -0.4 is 16.0 Å². The molecule has 0 aliphatic carbocycles. The third-order valence-corrected chi connectivity index (χ3v) is 3.14. The molecular weight excluding hydrogens is 214 g/mol. The fourth-order valence-electron chi connectivity index (χ4n) is 2.16. The Morgan fingerprint density at radius 1 is 1.41 bits per heavy atom. The number of nitrogens with two attached hydrogens (primary N) is 1. The quantitative estimate of drug-likeness (QED) is 0.813. The minimum atomic E-state index is 0.393. The Morgan fingerprint density at radius 2 is 2.24 bits per heavy atom. The molecule has 1 aliphatic heterocycles. The highest BCUT2D eigenvalue weighted by Crippen LogP contribution is 2.23. The van der Waals surface area contributed by atoms with Crippen molar-refractivity contribution in [3.05, 3.63) is 11.3 Å². The number of hydrogen-bond acceptors (Lipinski definition) is 5. The zero-order valence-corrected chi connectivity index (χ0v) is 10.7. The average molecular weight is 235 g/mol. The second kappa shape index (κ2) is 5.31. The van der Waals surface area contributed by atoms with Gasteiger partial charge in [0.25, 0.3) is 0 Å². The second-order valence-electron chi connectivity index (χ2n) is 4.53. The second-order valence-corrected chi connectivity index (χ2v) is 4.53. The van der Waals surface area contributed by atoms with E-state index in [1.807, 2.05) is 0 Å². The van der Waals surface area contributed by atoms with E-state index in [2.05, 4.69) is 34.2 Å². The molecule has 1 aliphatic rings. The number of nitrogens with zero attached hydrogens (tertiary/aromatic N) is 3. The van der Waals surface area contributed by atoms with Crippen LogP contribution in [0.15, 0.2) is 0 Å². The molecule has 3 N–H and O–H groups in total. The Hall–Kier alpha value is -1.36. The molecule has 0 fully saturated rings. The molecule has 0 atom stereocenters. The van der Waals surface area contributed by atoms with Crippen LogP contribution in [0.3, 0.4) is 0 Å². The van der Waals surface area contributed by atoms with E-state index in [1.54, 1.807) is 0 Å². The number of nitrogen functional groups attached to an aromatic ring is 1. The zero-order valence-electron chi connectivity index (χ0n) is 10.7. The molecule has 2 heterocycles. The molecular formula is C12H21N5. The van der Waals surface area contributed by atoms with Crippen LogP contribution in [0.5, 0.6) is 0 Å². The third-order valence-electron chi connectivity index (χ3n) is 3.14. The van der Waals surface area contributed by atoms with Crippen molar-refractivity contribution in [2.45, 2.75) is 32.7 Å². The van der Waals surface area contributed by atoms with Gasteiger partial charge < -0.3 is 16.0 Å². The number of unbranched alkanes of at least 4 members (excludes halogenated alkanes) is 1. The van der Waals surface area contributed by atoms with E-state index in [4.69, 9.17) is 5.73 Å². The van der Waals surface area contributed by atoms with Gasteiger partial charge in [0.1, 0.15) is 5.82 Å². The highest BCUT2D eigenvalue weighted by Gasteiger charge is 2.18. The fourth-order valence-corrected chi connectivity index (χ4v) is 2.16. The fraction of sp³-hybridized carbons (Fsp3) is 0.667. The van der Waals surface area contributed by atoms with Crippen LogP contribution in [-0.4, -0.2) is 30.1 Å². The van der Waals surface area contributed by atoms with Crippen LogP contribution in [0.1, 0.15) is 31.0 Å². The summed E-state index contributed by atoms with van der Waals surface area (Å²) in [7, 11) is 2.08. The molecule has 0 spiro atoms. The number of hydrogen-bond donors (Lipinski definition) is 2. The van der Waals surface area contributed by atoms with Crippen LogP contribution in [0.2, 0.25) is 0 Å². The summed E-state index contributed by atoms with van der Waals surface area (Å²) in [6.45, 7) is 5.03. The van der Waals surface area contributed by atoms with Gasteiger partial charge in [-0.3, -0.25) is 0 Å². The lowest BCUT2D eigenvalue weighted by atomic mass is 10.1. The summed E-state index contributed by atoms with van der Waals surface area (Å²) in [5, 5.41) is 3.36. The number of nitrogens with one attached hydrogen (secondary N) is 1. The molecule has 0 amide bonds. The first-order valence-electron chi connectivity index (χ1n) is 6.29. The highest BCUT2D eigenvalue weighted by atomic mass is 15.2. The molecule has 5 nitrogen and oxygen atoms in total. The van der Waals surface area contributed by atoms with Crippen molar-refractivity contribution < 1.29 is 0 Å². The molecule has 17 heavy (non-hydrogen) atoms. The van der Waals surface area contributed by atoms with E-state index < -0.39 is 0 Å². The molecule has 0 aromatic carbocycles. The molecule has 0 unspecified atom stereocenters. The molecule has 1 aromatic heterocycles. The van der Waals surface area contributed by atoms with Crippen molar-refractivity contribution in [3.8, 4) is 0 Å². The highest BCUT2D eigenvalue weighted by molar-refractivity contribution is 5.52. The predicted octanol–water partition coefficient (Wildman–Crippen LogP) is 0.941. The van der Waals surface area contributed by atoms with Gasteiger partial charge in [-0.05, 0) is 6.42 Å². The third kappa shape index (κ3) is 2.66. The van der Waals surface area contributed by atoms with Crippen LogP contribution in [0.4, 0.5) is 11.8 Å². The monoisotopic (exact) mass is 235 g/mol. The van der Waals surface area contributed by atoms with Crippen LogP contribution in [-0.2, 0) is 13.0 Å². The van der Waals surface area contributed by atoms with E-state index in [1.165, 1.54) is 18.4 Å². The first-order valence-corrected chi connectivity index (χ1v) is 6.29. The van der Waals surface area contributed by atoms with Gasteiger partial charge in [0.15, 0.2) is 0 Å². The summed E-state index contributed by atoms with van der Waals surface area (Å²) in [5.74, 6) is 1.39. The van der Waals surface area contributed by atoms with Crippen molar-refractivity contribution in [3.63, 3.8) is 0 Å². The summed E-state index contributed by atoms with van der Waals surface area (Å²) in [6, 6.07) is 0. The Morgan fingerprint density at radius 3 is 3.00 bits per heavy atom. The largest absolute Gasteiger partial charge is 0.368 e. The molecule has 0 saturated carbocycles. The van der Waals surface area contributed by atoms with Crippen molar-refractivity contribution in [1.82, 2.24) is 15.3 Å². The maximum atomic E-state index is 5.78. The summed E-state index contributed by atoms with van der Waals surface area (Å²) >= 11 is 0. The van der Waals surface area contributed by atoms with Crippen LogP contribution >= 0.6 is 0 Å². The van der Waals surface area contributed by atoms with E-state index >= 15 is 0 Å². The Labute approximate surface area is 102 Å². The van der Waals surface area contributed by atoms with E-state index in [0.717, 1.165) is 37.6 Å². The molecule has 0 bridgehead atoms.